The molecule has 118 valence electrons. The van der Waals surface area contributed by atoms with Crippen molar-refractivity contribution in [2.24, 2.45) is 5.92 Å². The van der Waals surface area contributed by atoms with Crippen LogP contribution in [0.3, 0.4) is 0 Å². The first-order valence-corrected chi connectivity index (χ1v) is 8.29. The standard InChI is InChI=1S/C18H31N3/c1-5-19-18(16-9-7-6-8-10-16)15(2)13-21-12-11-17(14-21)20(3)4/h6-10,15,17-19H,5,11-14H2,1-4H3. The molecule has 3 unspecified atom stereocenters. The molecular formula is C18H31N3. The molecule has 1 aliphatic heterocycles. The van der Waals surface area contributed by atoms with Gasteiger partial charge in [-0.05, 0) is 45.1 Å². The zero-order valence-electron chi connectivity index (χ0n) is 14.0. The van der Waals surface area contributed by atoms with E-state index in [0.29, 0.717) is 12.0 Å². The van der Waals surface area contributed by atoms with E-state index in [1.807, 2.05) is 0 Å². The van der Waals surface area contributed by atoms with Gasteiger partial charge in [-0.25, -0.2) is 0 Å². The summed E-state index contributed by atoms with van der Waals surface area (Å²) in [5.41, 5.74) is 1.41. The summed E-state index contributed by atoms with van der Waals surface area (Å²) in [5, 5.41) is 3.67. The van der Waals surface area contributed by atoms with Gasteiger partial charge >= 0.3 is 0 Å². The van der Waals surface area contributed by atoms with E-state index in [0.717, 1.165) is 12.6 Å². The molecule has 0 saturated carbocycles. The highest BCUT2D eigenvalue weighted by Crippen LogP contribution is 2.24. The van der Waals surface area contributed by atoms with Crippen molar-refractivity contribution in [2.45, 2.75) is 32.4 Å². The van der Waals surface area contributed by atoms with Crippen LogP contribution in [-0.2, 0) is 0 Å². The molecule has 1 N–H and O–H groups in total. The Morgan fingerprint density at radius 1 is 1.29 bits per heavy atom. The molecule has 0 bridgehead atoms. The average molecular weight is 289 g/mol. The van der Waals surface area contributed by atoms with Crippen LogP contribution in [0.15, 0.2) is 30.3 Å². The fraction of sp³-hybridized carbons (Fsp3) is 0.667. The van der Waals surface area contributed by atoms with E-state index in [1.165, 1.54) is 31.6 Å². The van der Waals surface area contributed by atoms with E-state index in [1.54, 1.807) is 0 Å². The Morgan fingerprint density at radius 2 is 2.00 bits per heavy atom. The van der Waals surface area contributed by atoms with Crippen molar-refractivity contribution in [3.63, 3.8) is 0 Å². The lowest BCUT2D eigenvalue weighted by Crippen LogP contribution is -2.37. The molecule has 1 aliphatic rings. The lowest BCUT2D eigenvalue weighted by Gasteiger charge is -2.29. The van der Waals surface area contributed by atoms with Crippen LogP contribution in [-0.4, -0.2) is 56.1 Å². The summed E-state index contributed by atoms with van der Waals surface area (Å²) in [6.45, 7) is 9.22. The maximum absolute atomic E-state index is 3.67. The van der Waals surface area contributed by atoms with Gasteiger partial charge in [-0.3, -0.25) is 0 Å². The number of hydrogen-bond donors (Lipinski definition) is 1. The zero-order valence-corrected chi connectivity index (χ0v) is 14.0. The third-order valence-corrected chi connectivity index (χ3v) is 4.68. The van der Waals surface area contributed by atoms with Crippen molar-refractivity contribution in [1.29, 1.82) is 0 Å². The highest BCUT2D eigenvalue weighted by molar-refractivity contribution is 5.19. The van der Waals surface area contributed by atoms with Gasteiger partial charge in [0.25, 0.3) is 0 Å². The van der Waals surface area contributed by atoms with Crippen LogP contribution < -0.4 is 5.32 Å². The Balaban J connectivity index is 1.95. The molecule has 1 heterocycles. The van der Waals surface area contributed by atoms with Gasteiger partial charge in [0, 0.05) is 25.2 Å². The zero-order chi connectivity index (χ0) is 15.2. The normalized spacial score (nSPS) is 22.6. The summed E-state index contributed by atoms with van der Waals surface area (Å²) in [7, 11) is 4.39. The predicted octanol–water partition coefficient (Wildman–Crippen LogP) is 2.61. The second kappa shape index (κ2) is 7.92. The van der Waals surface area contributed by atoms with Gasteiger partial charge in [0.15, 0.2) is 0 Å². The Kier molecular flexibility index (Phi) is 6.22. The molecule has 21 heavy (non-hydrogen) atoms. The Bertz CT molecular complexity index is 404. The number of likely N-dealkylation sites (tertiary alicyclic amines) is 1. The highest BCUT2D eigenvalue weighted by Gasteiger charge is 2.27. The SMILES string of the molecule is CCNC(c1ccccc1)C(C)CN1CCC(N(C)C)C1. The molecule has 1 aromatic rings. The van der Waals surface area contributed by atoms with E-state index in [2.05, 4.69) is 73.4 Å². The van der Waals surface area contributed by atoms with Crippen molar-refractivity contribution in [3.8, 4) is 0 Å². The van der Waals surface area contributed by atoms with E-state index >= 15 is 0 Å². The quantitative estimate of drug-likeness (QED) is 0.832. The number of rotatable bonds is 7. The van der Waals surface area contributed by atoms with Crippen molar-refractivity contribution >= 4 is 0 Å². The van der Waals surface area contributed by atoms with Gasteiger partial charge in [-0.1, -0.05) is 44.2 Å². The first-order valence-electron chi connectivity index (χ1n) is 8.29. The second-order valence-corrected chi connectivity index (χ2v) is 6.59. The summed E-state index contributed by atoms with van der Waals surface area (Å²) >= 11 is 0. The minimum atomic E-state index is 0.453. The first-order chi connectivity index (χ1) is 10.1. The molecule has 0 spiro atoms. The Labute approximate surface area is 130 Å². The molecule has 0 aliphatic carbocycles. The monoisotopic (exact) mass is 289 g/mol. The van der Waals surface area contributed by atoms with Crippen LogP contribution in [0.2, 0.25) is 0 Å². The molecule has 0 aromatic heterocycles. The van der Waals surface area contributed by atoms with E-state index < -0.39 is 0 Å². The lowest BCUT2D eigenvalue weighted by molar-refractivity contribution is 0.225. The molecule has 3 atom stereocenters. The highest BCUT2D eigenvalue weighted by atomic mass is 15.2. The maximum Gasteiger partial charge on any atom is 0.0358 e. The molecular weight excluding hydrogens is 258 g/mol. The molecule has 0 radical (unpaired) electrons. The van der Waals surface area contributed by atoms with Crippen LogP contribution in [0.4, 0.5) is 0 Å². The summed E-state index contributed by atoms with van der Waals surface area (Å²) in [6, 6.07) is 12.1. The van der Waals surface area contributed by atoms with Crippen LogP contribution in [0.25, 0.3) is 0 Å². The fourth-order valence-electron chi connectivity index (χ4n) is 3.44. The van der Waals surface area contributed by atoms with Crippen LogP contribution in [0, 0.1) is 5.92 Å². The van der Waals surface area contributed by atoms with Crippen molar-refractivity contribution in [2.75, 3.05) is 40.3 Å². The summed E-state index contributed by atoms with van der Waals surface area (Å²) < 4.78 is 0. The van der Waals surface area contributed by atoms with Crippen molar-refractivity contribution in [3.05, 3.63) is 35.9 Å². The molecule has 1 saturated heterocycles. The predicted molar refractivity (Wildman–Crippen MR) is 90.6 cm³/mol. The number of hydrogen-bond acceptors (Lipinski definition) is 3. The molecule has 1 aromatic carbocycles. The van der Waals surface area contributed by atoms with Crippen LogP contribution in [0.1, 0.15) is 31.9 Å². The van der Waals surface area contributed by atoms with Crippen molar-refractivity contribution in [1.82, 2.24) is 15.1 Å². The summed E-state index contributed by atoms with van der Waals surface area (Å²) in [5.74, 6) is 0.619. The molecule has 0 amide bonds. The smallest absolute Gasteiger partial charge is 0.0358 e. The Hall–Kier alpha value is -0.900. The number of nitrogens with zero attached hydrogens (tertiary/aromatic N) is 2. The first kappa shape index (κ1) is 16.5. The van der Waals surface area contributed by atoms with Gasteiger partial charge < -0.3 is 15.1 Å². The van der Waals surface area contributed by atoms with Gasteiger partial charge in [-0.2, -0.15) is 0 Å². The molecule has 2 rings (SSSR count). The third-order valence-electron chi connectivity index (χ3n) is 4.68. The maximum atomic E-state index is 3.67. The fourth-order valence-corrected chi connectivity index (χ4v) is 3.44. The second-order valence-electron chi connectivity index (χ2n) is 6.59. The van der Waals surface area contributed by atoms with E-state index in [-0.39, 0.29) is 0 Å². The van der Waals surface area contributed by atoms with Gasteiger partial charge in [0.2, 0.25) is 0 Å². The van der Waals surface area contributed by atoms with Gasteiger partial charge in [0.1, 0.15) is 0 Å². The van der Waals surface area contributed by atoms with E-state index in [4.69, 9.17) is 0 Å². The largest absolute Gasteiger partial charge is 0.310 e. The molecule has 3 heteroatoms. The van der Waals surface area contributed by atoms with Gasteiger partial charge in [-0.15, -0.1) is 0 Å². The van der Waals surface area contributed by atoms with Crippen LogP contribution >= 0.6 is 0 Å². The average Bonchev–Trinajstić information content (AvgIpc) is 2.94. The summed E-state index contributed by atoms with van der Waals surface area (Å²) in [4.78, 5) is 4.99. The summed E-state index contributed by atoms with van der Waals surface area (Å²) in [6.07, 6.45) is 1.30. The van der Waals surface area contributed by atoms with E-state index in [9.17, 15) is 0 Å². The number of likely N-dealkylation sites (N-methyl/N-ethyl adjacent to an activating group) is 1. The topological polar surface area (TPSA) is 18.5 Å². The van der Waals surface area contributed by atoms with Crippen LogP contribution in [0.5, 0.6) is 0 Å². The lowest BCUT2D eigenvalue weighted by atomic mass is 9.94. The minimum absolute atomic E-state index is 0.453. The number of benzene rings is 1. The minimum Gasteiger partial charge on any atom is -0.310 e. The molecule has 1 fully saturated rings. The Morgan fingerprint density at radius 3 is 2.57 bits per heavy atom. The number of nitrogens with one attached hydrogen (secondary N) is 1. The van der Waals surface area contributed by atoms with Crippen molar-refractivity contribution < 1.29 is 0 Å². The molecule has 3 nitrogen and oxygen atoms in total. The third kappa shape index (κ3) is 4.53. The van der Waals surface area contributed by atoms with Gasteiger partial charge in [0.05, 0.1) is 0 Å².